The van der Waals surface area contributed by atoms with Gasteiger partial charge in [0.05, 0.1) is 11.8 Å². The first-order chi connectivity index (χ1) is 8.66. The van der Waals surface area contributed by atoms with E-state index in [1.54, 1.807) is 0 Å². The second kappa shape index (κ2) is 3.94. The number of aromatic nitrogens is 3. The molecule has 1 aromatic heterocycles. The number of hydrogen-bond donors (Lipinski definition) is 2. The third-order valence-electron chi connectivity index (χ3n) is 3.71. The van der Waals surface area contributed by atoms with Crippen LogP contribution in [-0.4, -0.2) is 31.9 Å². The number of amides is 1. The van der Waals surface area contributed by atoms with Crippen LogP contribution in [0.15, 0.2) is 24.8 Å². The van der Waals surface area contributed by atoms with E-state index in [2.05, 4.69) is 15.6 Å². The number of fused-ring (bicyclic) bond motifs is 2. The summed E-state index contributed by atoms with van der Waals surface area (Å²) < 4.78 is 1.33. The van der Waals surface area contributed by atoms with Crippen LogP contribution < -0.4 is 5.43 Å². The summed E-state index contributed by atoms with van der Waals surface area (Å²) in [5, 5.41) is 16.4. The van der Waals surface area contributed by atoms with Crippen LogP contribution >= 0.6 is 0 Å². The molecule has 0 unspecified atom stereocenters. The van der Waals surface area contributed by atoms with E-state index in [4.69, 9.17) is 0 Å². The molecule has 2 aliphatic carbocycles. The van der Waals surface area contributed by atoms with E-state index >= 15 is 0 Å². The lowest BCUT2D eigenvalue weighted by atomic mass is 9.82. The summed E-state index contributed by atoms with van der Waals surface area (Å²) in [6, 6.07) is 0. The van der Waals surface area contributed by atoms with Crippen LogP contribution in [0.2, 0.25) is 0 Å². The fourth-order valence-electron chi connectivity index (χ4n) is 2.98. The third kappa shape index (κ3) is 1.59. The largest absolute Gasteiger partial charge is 0.481 e. The molecule has 4 atom stereocenters. The van der Waals surface area contributed by atoms with Gasteiger partial charge in [-0.15, -0.1) is 10.2 Å². The minimum Gasteiger partial charge on any atom is -0.481 e. The Morgan fingerprint density at radius 1 is 1.17 bits per heavy atom. The lowest BCUT2D eigenvalue weighted by Gasteiger charge is -2.23. The second-order valence-corrected chi connectivity index (χ2v) is 4.68. The van der Waals surface area contributed by atoms with Gasteiger partial charge in [0.25, 0.3) is 0 Å². The Bertz CT molecular complexity index is 510. The molecule has 7 nitrogen and oxygen atoms in total. The normalized spacial score (nSPS) is 32.7. The van der Waals surface area contributed by atoms with Crippen LogP contribution in [0.1, 0.15) is 6.42 Å². The van der Waals surface area contributed by atoms with Gasteiger partial charge in [0.2, 0.25) is 5.91 Å². The van der Waals surface area contributed by atoms with Gasteiger partial charge in [-0.3, -0.25) is 15.0 Å². The van der Waals surface area contributed by atoms with Gasteiger partial charge in [0.15, 0.2) is 0 Å². The zero-order valence-corrected chi connectivity index (χ0v) is 9.43. The number of carboxylic acids is 1. The number of nitrogens with zero attached hydrogens (tertiary/aromatic N) is 3. The van der Waals surface area contributed by atoms with Gasteiger partial charge in [-0.1, -0.05) is 12.2 Å². The maximum atomic E-state index is 12.1. The van der Waals surface area contributed by atoms with Crippen molar-refractivity contribution in [1.82, 2.24) is 14.9 Å². The number of rotatable bonds is 3. The number of carboxylic acid groups (broad SMARTS) is 1. The highest BCUT2D eigenvalue weighted by Gasteiger charge is 2.51. The lowest BCUT2D eigenvalue weighted by molar-refractivity contribution is -0.147. The SMILES string of the molecule is O=C(O)[C@H]1[C@H](C(=O)Nn2cnnc2)[C@H]2C=C[C@H]1C2. The Labute approximate surface area is 102 Å². The zero-order valence-electron chi connectivity index (χ0n) is 9.43. The van der Waals surface area contributed by atoms with Crippen LogP contribution in [-0.2, 0) is 9.59 Å². The van der Waals surface area contributed by atoms with E-state index in [1.165, 1.54) is 17.3 Å². The second-order valence-electron chi connectivity index (χ2n) is 4.68. The molecule has 1 aromatic rings. The molecule has 0 aliphatic heterocycles. The summed E-state index contributed by atoms with van der Waals surface area (Å²) in [4.78, 5) is 23.4. The first kappa shape index (κ1) is 10.9. The molecule has 2 aliphatic rings. The summed E-state index contributed by atoms with van der Waals surface area (Å²) in [7, 11) is 0. The predicted octanol–water partition coefficient (Wildman–Crippen LogP) is -0.129. The Hall–Kier alpha value is -2.18. The average Bonchev–Trinajstić information content (AvgIpc) is 3.03. The number of aliphatic carboxylic acids is 1. The van der Waals surface area contributed by atoms with Crippen LogP contribution in [0.4, 0.5) is 0 Å². The van der Waals surface area contributed by atoms with Gasteiger partial charge >= 0.3 is 5.97 Å². The minimum atomic E-state index is -0.907. The molecule has 1 amide bonds. The molecule has 1 fully saturated rings. The monoisotopic (exact) mass is 248 g/mol. The van der Waals surface area contributed by atoms with E-state index in [1.807, 2.05) is 12.2 Å². The number of carbonyl (C=O) groups excluding carboxylic acids is 1. The number of carbonyl (C=O) groups is 2. The van der Waals surface area contributed by atoms with Crippen LogP contribution in [0, 0.1) is 23.7 Å². The van der Waals surface area contributed by atoms with Crippen LogP contribution in [0.5, 0.6) is 0 Å². The highest BCUT2D eigenvalue weighted by Crippen LogP contribution is 2.48. The summed E-state index contributed by atoms with van der Waals surface area (Å²) in [5.41, 5.74) is 2.59. The van der Waals surface area contributed by atoms with Crippen molar-refractivity contribution in [2.45, 2.75) is 6.42 Å². The van der Waals surface area contributed by atoms with Crippen molar-refractivity contribution in [1.29, 1.82) is 0 Å². The molecule has 2 N–H and O–H groups in total. The van der Waals surface area contributed by atoms with Gasteiger partial charge in [-0.25, -0.2) is 4.68 Å². The predicted molar refractivity (Wildman–Crippen MR) is 59.7 cm³/mol. The van der Waals surface area contributed by atoms with Crippen molar-refractivity contribution in [3.63, 3.8) is 0 Å². The summed E-state index contributed by atoms with van der Waals surface area (Å²) in [6.07, 6.45) is 7.32. The molecule has 94 valence electrons. The number of nitrogens with one attached hydrogen (secondary N) is 1. The molecule has 0 radical (unpaired) electrons. The molecule has 0 spiro atoms. The third-order valence-corrected chi connectivity index (χ3v) is 3.71. The van der Waals surface area contributed by atoms with E-state index in [9.17, 15) is 14.7 Å². The fourth-order valence-corrected chi connectivity index (χ4v) is 2.98. The molecule has 7 heteroatoms. The van der Waals surface area contributed by atoms with Gasteiger partial charge in [0, 0.05) is 0 Å². The molecular formula is C11H12N4O3. The van der Waals surface area contributed by atoms with Gasteiger partial charge < -0.3 is 5.11 Å². The van der Waals surface area contributed by atoms with Crippen molar-refractivity contribution in [2.24, 2.45) is 23.7 Å². The molecule has 18 heavy (non-hydrogen) atoms. The van der Waals surface area contributed by atoms with Crippen LogP contribution in [0.3, 0.4) is 0 Å². The van der Waals surface area contributed by atoms with Gasteiger partial charge in [-0.05, 0) is 18.3 Å². The highest BCUT2D eigenvalue weighted by molar-refractivity contribution is 5.91. The van der Waals surface area contributed by atoms with E-state index in [0.29, 0.717) is 0 Å². The number of hydrogen-bond acceptors (Lipinski definition) is 4. The summed E-state index contributed by atoms with van der Waals surface area (Å²) in [5.74, 6) is -2.34. The van der Waals surface area contributed by atoms with E-state index < -0.39 is 17.8 Å². The fraction of sp³-hybridized carbons (Fsp3) is 0.455. The van der Waals surface area contributed by atoms with Crippen molar-refractivity contribution in [3.8, 4) is 0 Å². The molecule has 3 rings (SSSR count). The Morgan fingerprint density at radius 2 is 1.78 bits per heavy atom. The average molecular weight is 248 g/mol. The van der Waals surface area contributed by atoms with Crippen molar-refractivity contribution >= 4 is 11.9 Å². The smallest absolute Gasteiger partial charge is 0.307 e. The topological polar surface area (TPSA) is 97.1 Å². The molecule has 0 aromatic carbocycles. The molecule has 1 heterocycles. The van der Waals surface area contributed by atoms with Gasteiger partial charge in [0.1, 0.15) is 12.7 Å². The molecule has 2 bridgehead atoms. The molecular weight excluding hydrogens is 236 g/mol. The lowest BCUT2D eigenvalue weighted by Crippen LogP contribution is -2.38. The summed E-state index contributed by atoms with van der Waals surface area (Å²) >= 11 is 0. The van der Waals surface area contributed by atoms with Crippen molar-refractivity contribution < 1.29 is 14.7 Å². The maximum absolute atomic E-state index is 12.1. The Morgan fingerprint density at radius 3 is 2.39 bits per heavy atom. The highest BCUT2D eigenvalue weighted by atomic mass is 16.4. The zero-order chi connectivity index (χ0) is 12.7. The first-order valence-corrected chi connectivity index (χ1v) is 5.73. The Balaban J connectivity index is 1.80. The standard InChI is InChI=1S/C11H12N4O3/c16-10(14-15-4-12-13-5-15)8-6-1-2-7(3-6)9(8)11(17)18/h1-2,4-9H,3H2,(H,14,16)(H,17,18)/t6-,7-,8+,9+/m0/s1. The first-order valence-electron chi connectivity index (χ1n) is 5.73. The molecule has 1 saturated carbocycles. The summed E-state index contributed by atoms with van der Waals surface area (Å²) in [6.45, 7) is 0. The van der Waals surface area contributed by atoms with Gasteiger partial charge in [-0.2, -0.15) is 0 Å². The quantitative estimate of drug-likeness (QED) is 0.726. The van der Waals surface area contributed by atoms with Crippen molar-refractivity contribution in [2.75, 3.05) is 5.43 Å². The molecule has 0 saturated heterocycles. The van der Waals surface area contributed by atoms with Crippen LogP contribution in [0.25, 0.3) is 0 Å². The van der Waals surface area contributed by atoms with Crippen molar-refractivity contribution in [3.05, 3.63) is 24.8 Å². The minimum absolute atomic E-state index is 0.0209. The van der Waals surface area contributed by atoms with E-state index in [-0.39, 0.29) is 17.7 Å². The maximum Gasteiger partial charge on any atom is 0.307 e. The Kier molecular flexibility index (Phi) is 2.39. The van der Waals surface area contributed by atoms with E-state index in [0.717, 1.165) is 6.42 Å². The number of allylic oxidation sites excluding steroid dienone is 2.